The summed E-state index contributed by atoms with van der Waals surface area (Å²) in [6.07, 6.45) is 0.865. The average Bonchev–Trinajstić information content (AvgIpc) is 2.67. The third-order valence-corrected chi connectivity index (χ3v) is 5.23. The highest BCUT2D eigenvalue weighted by Crippen LogP contribution is 2.26. The van der Waals surface area contributed by atoms with Gasteiger partial charge in [0, 0.05) is 30.9 Å². The Bertz CT molecular complexity index is 862. The molecule has 0 radical (unpaired) electrons. The summed E-state index contributed by atoms with van der Waals surface area (Å²) in [6, 6.07) is 11.4. The number of rotatable bonds is 6. The van der Waals surface area contributed by atoms with Gasteiger partial charge in [-0.3, -0.25) is 4.79 Å². The fourth-order valence-corrected chi connectivity index (χ4v) is 3.69. The van der Waals surface area contributed by atoms with E-state index in [9.17, 15) is 10.1 Å². The van der Waals surface area contributed by atoms with Crippen LogP contribution >= 0.6 is 11.8 Å². The van der Waals surface area contributed by atoms with E-state index in [-0.39, 0.29) is 11.7 Å². The minimum absolute atomic E-state index is 0.132. The van der Waals surface area contributed by atoms with Gasteiger partial charge in [-0.05, 0) is 49.9 Å². The summed E-state index contributed by atoms with van der Waals surface area (Å²) in [5.74, 6) is 0.841. The molecule has 0 atom stereocenters. The molecule has 0 bridgehead atoms. The Balaban J connectivity index is 1.62. The summed E-state index contributed by atoms with van der Waals surface area (Å²) in [7, 11) is 2.06. The van der Waals surface area contributed by atoms with Crippen molar-refractivity contribution in [3.63, 3.8) is 0 Å². The zero-order chi connectivity index (χ0) is 19.2. The Hall–Kier alpha value is -2.56. The number of nitriles is 1. The highest BCUT2D eigenvalue weighted by Gasteiger charge is 2.18. The molecule has 2 aromatic rings. The predicted molar refractivity (Wildman–Crippen MR) is 106 cm³/mol. The lowest BCUT2D eigenvalue weighted by Crippen LogP contribution is -2.27. The number of nitrogens with one attached hydrogen (secondary N) is 1. The number of hydrogen-bond donors (Lipinski definition) is 1. The molecule has 6 nitrogen and oxygen atoms in total. The standard InChI is InChI=1S/C20H22N4O2S/c1-3-26-17-6-4-16(5-7-17)22-19(25)13-27-20-14(11-21)10-15-12-24(2)9-8-18(15)23-20/h4-7,10H,3,8-9,12-13H2,1-2H3,(H,22,25). The van der Waals surface area contributed by atoms with E-state index in [4.69, 9.17) is 4.74 Å². The van der Waals surface area contributed by atoms with E-state index >= 15 is 0 Å². The van der Waals surface area contributed by atoms with Crippen LogP contribution in [-0.4, -0.2) is 41.7 Å². The van der Waals surface area contributed by atoms with Crippen molar-refractivity contribution in [2.75, 3.05) is 31.3 Å². The first-order valence-electron chi connectivity index (χ1n) is 8.86. The predicted octanol–water partition coefficient (Wildman–Crippen LogP) is 3.07. The summed E-state index contributed by atoms with van der Waals surface area (Å²) in [5.41, 5.74) is 3.37. The molecular weight excluding hydrogens is 360 g/mol. The number of hydrogen-bond acceptors (Lipinski definition) is 6. The van der Waals surface area contributed by atoms with E-state index < -0.39 is 0 Å². The van der Waals surface area contributed by atoms with Gasteiger partial charge < -0.3 is 15.0 Å². The Morgan fingerprint density at radius 2 is 2.19 bits per heavy atom. The minimum Gasteiger partial charge on any atom is -0.494 e. The normalized spacial score (nSPS) is 13.5. The number of benzene rings is 1. The number of ether oxygens (including phenoxy) is 1. The van der Waals surface area contributed by atoms with Crippen molar-refractivity contribution in [1.82, 2.24) is 9.88 Å². The zero-order valence-electron chi connectivity index (χ0n) is 15.5. The van der Waals surface area contributed by atoms with Crippen molar-refractivity contribution in [2.45, 2.75) is 24.9 Å². The molecule has 0 saturated carbocycles. The number of nitrogens with zero attached hydrogens (tertiary/aromatic N) is 3. The first-order valence-corrected chi connectivity index (χ1v) is 9.84. The quantitative estimate of drug-likeness (QED) is 0.774. The second kappa shape index (κ2) is 8.89. The van der Waals surface area contributed by atoms with E-state index in [2.05, 4.69) is 28.3 Å². The van der Waals surface area contributed by atoms with Gasteiger partial charge in [0.05, 0.1) is 17.9 Å². The van der Waals surface area contributed by atoms with E-state index in [1.54, 1.807) is 0 Å². The van der Waals surface area contributed by atoms with Gasteiger partial charge in [-0.25, -0.2) is 4.98 Å². The van der Waals surface area contributed by atoms with Gasteiger partial charge >= 0.3 is 0 Å². The Kier molecular flexibility index (Phi) is 6.32. The van der Waals surface area contributed by atoms with Crippen molar-refractivity contribution in [2.24, 2.45) is 0 Å². The third-order valence-electron chi connectivity index (χ3n) is 4.24. The summed E-state index contributed by atoms with van der Waals surface area (Å²) in [6.45, 7) is 4.29. The molecule has 0 aliphatic carbocycles. The number of fused-ring (bicyclic) bond motifs is 1. The SMILES string of the molecule is CCOc1ccc(NC(=O)CSc2nc3c(cc2C#N)CN(C)CC3)cc1. The molecule has 1 aromatic heterocycles. The van der Waals surface area contributed by atoms with Crippen molar-refractivity contribution < 1.29 is 9.53 Å². The highest BCUT2D eigenvalue weighted by molar-refractivity contribution is 8.00. The van der Waals surface area contributed by atoms with Crippen LogP contribution in [-0.2, 0) is 17.8 Å². The molecule has 0 spiro atoms. The maximum absolute atomic E-state index is 12.2. The number of anilines is 1. The van der Waals surface area contributed by atoms with Crippen LogP contribution < -0.4 is 10.1 Å². The fraction of sp³-hybridized carbons (Fsp3) is 0.350. The number of amides is 1. The molecule has 0 unspecified atom stereocenters. The van der Waals surface area contributed by atoms with Crippen LogP contribution in [0.15, 0.2) is 35.4 Å². The van der Waals surface area contributed by atoms with Gasteiger partial charge in [0.2, 0.25) is 5.91 Å². The second-order valence-corrected chi connectivity index (χ2v) is 7.30. The van der Waals surface area contributed by atoms with Crippen molar-refractivity contribution in [3.05, 3.63) is 47.2 Å². The van der Waals surface area contributed by atoms with Crippen LogP contribution in [0.3, 0.4) is 0 Å². The van der Waals surface area contributed by atoms with Crippen LogP contribution in [0.2, 0.25) is 0 Å². The van der Waals surface area contributed by atoms with E-state index in [1.165, 1.54) is 11.8 Å². The number of carbonyl (C=O) groups excluding carboxylic acids is 1. The Morgan fingerprint density at radius 3 is 2.89 bits per heavy atom. The van der Waals surface area contributed by atoms with Gasteiger partial charge in [0.1, 0.15) is 16.8 Å². The van der Waals surface area contributed by atoms with Crippen molar-refractivity contribution in [3.8, 4) is 11.8 Å². The third kappa shape index (κ3) is 5.00. The highest BCUT2D eigenvalue weighted by atomic mass is 32.2. The summed E-state index contributed by atoms with van der Waals surface area (Å²) >= 11 is 1.30. The first-order chi connectivity index (χ1) is 13.1. The van der Waals surface area contributed by atoms with Gasteiger partial charge in [-0.1, -0.05) is 11.8 Å². The minimum atomic E-state index is -0.132. The number of carbonyl (C=O) groups is 1. The number of likely N-dealkylation sites (N-methyl/N-ethyl adjacent to an activating group) is 1. The maximum atomic E-state index is 12.2. The molecular formula is C20H22N4O2S. The molecule has 0 fully saturated rings. The summed E-state index contributed by atoms with van der Waals surface area (Å²) in [5, 5.41) is 12.9. The second-order valence-electron chi connectivity index (χ2n) is 6.34. The summed E-state index contributed by atoms with van der Waals surface area (Å²) in [4.78, 5) is 19.1. The molecule has 1 aliphatic heterocycles. The number of aromatic nitrogens is 1. The van der Waals surface area contributed by atoms with Crippen LogP contribution in [0, 0.1) is 11.3 Å². The smallest absolute Gasteiger partial charge is 0.234 e. The van der Waals surface area contributed by atoms with Gasteiger partial charge in [0.25, 0.3) is 0 Å². The molecule has 1 amide bonds. The maximum Gasteiger partial charge on any atom is 0.234 e. The van der Waals surface area contributed by atoms with Crippen LogP contribution in [0.1, 0.15) is 23.7 Å². The largest absolute Gasteiger partial charge is 0.494 e. The monoisotopic (exact) mass is 382 g/mol. The average molecular weight is 382 g/mol. The summed E-state index contributed by atoms with van der Waals surface area (Å²) < 4.78 is 5.39. The van der Waals surface area contributed by atoms with E-state index in [1.807, 2.05) is 37.3 Å². The molecule has 7 heteroatoms. The molecule has 0 saturated heterocycles. The lowest BCUT2D eigenvalue weighted by atomic mass is 10.0. The molecule has 3 rings (SSSR count). The van der Waals surface area contributed by atoms with Crippen LogP contribution in [0.5, 0.6) is 5.75 Å². The Morgan fingerprint density at radius 1 is 1.41 bits per heavy atom. The van der Waals surface area contributed by atoms with Crippen LogP contribution in [0.4, 0.5) is 5.69 Å². The molecule has 2 heterocycles. The lowest BCUT2D eigenvalue weighted by molar-refractivity contribution is -0.113. The molecule has 140 valence electrons. The Labute approximate surface area is 163 Å². The van der Waals surface area contributed by atoms with Crippen molar-refractivity contribution in [1.29, 1.82) is 5.26 Å². The first kappa shape index (κ1) is 19.2. The van der Waals surface area contributed by atoms with Gasteiger partial charge in [-0.15, -0.1) is 0 Å². The van der Waals surface area contributed by atoms with Gasteiger partial charge in [0.15, 0.2) is 0 Å². The molecule has 1 N–H and O–H groups in total. The lowest BCUT2D eigenvalue weighted by Gasteiger charge is -2.24. The molecule has 1 aromatic carbocycles. The topological polar surface area (TPSA) is 78.2 Å². The van der Waals surface area contributed by atoms with E-state index in [0.29, 0.717) is 22.9 Å². The zero-order valence-corrected chi connectivity index (χ0v) is 16.3. The fourth-order valence-electron chi connectivity index (χ4n) is 2.92. The van der Waals surface area contributed by atoms with E-state index in [0.717, 1.165) is 36.5 Å². The van der Waals surface area contributed by atoms with Gasteiger partial charge in [-0.2, -0.15) is 5.26 Å². The molecule has 1 aliphatic rings. The number of pyridine rings is 1. The number of thioether (sulfide) groups is 1. The molecule has 27 heavy (non-hydrogen) atoms. The van der Waals surface area contributed by atoms with Crippen molar-refractivity contribution >= 4 is 23.4 Å². The van der Waals surface area contributed by atoms with Crippen LogP contribution in [0.25, 0.3) is 0 Å².